The molecule has 11 nitrogen and oxygen atoms in total. The number of hydrogen-bond acceptors (Lipinski definition) is 8. The van der Waals surface area contributed by atoms with Crippen molar-refractivity contribution >= 4 is 41.6 Å². The third-order valence-corrected chi connectivity index (χ3v) is 4.58. The normalized spacial score (nSPS) is 18.1. The lowest BCUT2D eigenvalue weighted by atomic mass is 10.2. The van der Waals surface area contributed by atoms with Gasteiger partial charge in [0.2, 0.25) is 5.91 Å². The summed E-state index contributed by atoms with van der Waals surface area (Å²) in [5.74, 6) is -1.87. The van der Waals surface area contributed by atoms with Gasteiger partial charge in [0.1, 0.15) is 18.3 Å². The summed E-state index contributed by atoms with van der Waals surface area (Å²) in [6.45, 7) is 2.97. The molecule has 2 heterocycles. The lowest BCUT2D eigenvalue weighted by Crippen LogP contribution is -2.42. The Hall–Kier alpha value is -3.70. The number of amides is 3. The molecule has 1 aromatic carbocycles. The van der Waals surface area contributed by atoms with Crippen LogP contribution >= 0.6 is 0 Å². The maximum atomic E-state index is 14.8. The maximum Gasteiger partial charge on any atom is 0.414 e. The number of hydrogen-bond donors (Lipinski definition) is 1. The van der Waals surface area contributed by atoms with Gasteiger partial charge in [0.15, 0.2) is 6.61 Å². The molecule has 166 valence electrons. The lowest BCUT2D eigenvalue weighted by molar-refractivity contribution is -0.150. The van der Waals surface area contributed by atoms with Crippen molar-refractivity contribution in [2.24, 2.45) is 5.10 Å². The van der Waals surface area contributed by atoms with E-state index in [-0.39, 0.29) is 37.8 Å². The Kier molecular flexibility index (Phi) is 6.68. The number of ether oxygens (including phenoxy) is 2. The van der Waals surface area contributed by atoms with Gasteiger partial charge in [0.05, 0.1) is 31.0 Å². The number of carbonyl (C=O) groups is 4. The molecule has 3 amide bonds. The molecule has 3 rings (SSSR count). The molecule has 0 spiro atoms. The van der Waals surface area contributed by atoms with Gasteiger partial charge in [0.25, 0.3) is 5.91 Å². The predicted molar refractivity (Wildman–Crippen MR) is 107 cm³/mol. The van der Waals surface area contributed by atoms with E-state index >= 15 is 0 Å². The minimum absolute atomic E-state index is 0.176. The average Bonchev–Trinajstić information content (AvgIpc) is 3.11. The van der Waals surface area contributed by atoms with Crippen molar-refractivity contribution in [3.63, 3.8) is 0 Å². The lowest BCUT2D eigenvalue weighted by Gasteiger charge is -2.29. The molecule has 0 radical (unpaired) electrons. The fourth-order valence-corrected chi connectivity index (χ4v) is 3.05. The molecular formula is C19H22FN5O6. The number of anilines is 2. The topological polar surface area (TPSA) is 121 Å². The summed E-state index contributed by atoms with van der Waals surface area (Å²) >= 11 is 0. The minimum Gasteiger partial charge on any atom is -0.456 e. The number of esters is 1. The Morgan fingerprint density at radius 2 is 2.06 bits per heavy atom. The molecule has 2 aliphatic rings. The molecule has 1 saturated heterocycles. The molecule has 31 heavy (non-hydrogen) atoms. The van der Waals surface area contributed by atoms with Crippen molar-refractivity contribution < 1.29 is 33.0 Å². The third-order valence-electron chi connectivity index (χ3n) is 4.58. The van der Waals surface area contributed by atoms with E-state index in [1.54, 1.807) is 6.07 Å². The van der Waals surface area contributed by atoms with Gasteiger partial charge in [0, 0.05) is 20.4 Å². The molecule has 1 fully saturated rings. The van der Waals surface area contributed by atoms with E-state index in [2.05, 4.69) is 15.2 Å². The van der Waals surface area contributed by atoms with Gasteiger partial charge >= 0.3 is 12.1 Å². The Morgan fingerprint density at radius 3 is 2.68 bits per heavy atom. The first-order chi connectivity index (χ1) is 14.7. The van der Waals surface area contributed by atoms with Gasteiger partial charge in [-0.2, -0.15) is 5.10 Å². The molecule has 1 atom stereocenters. The number of nitrogens with one attached hydrogen (secondary N) is 1. The maximum absolute atomic E-state index is 14.8. The molecule has 12 heteroatoms. The predicted octanol–water partition coefficient (Wildman–Crippen LogP) is 0.442. The second-order valence-electron chi connectivity index (χ2n) is 6.91. The molecule has 2 aliphatic heterocycles. The zero-order valence-corrected chi connectivity index (χ0v) is 17.0. The van der Waals surface area contributed by atoms with Gasteiger partial charge < -0.3 is 19.7 Å². The van der Waals surface area contributed by atoms with E-state index in [9.17, 15) is 23.6 Å². The molecule has 0 bridgehead atoms. The Bertz CT molecular complexity index is 923. The fourth-order valence-electron chi connectivity index (χ4n) is 3.05. The molecule has 0 aromatic heterocycles. The summed E-state index contributed by atoms with van der Waals surface area (Å²) < 4.78 is 24.6. The van der Waals surface area contributed by atoms with Crippen LogP contribution in [0.1, 0.15) is 13.8 Å². The standard InChI is InChI=1S/C19H22FN5O6/c1-12(26)21-8-15-9-24(19(29)31-15)14-3-4-17(16(20)7-14)23-5-6-25(22-11-23)18(28)10-30-13(2)27/h3-4,7,11,15H,5-6,8-10H2,1-2H3,(H,21,26). The van der Waals surface area contributed by atoms with Crippen LogP contribution in [0.25, 0.3) is 0 Å². The van der Waals surface area contributed by atoms with Gasteiger partial charge in [-0.05, 0) is 18.2 Å². The number of benzene rings is 1. The van der Waals surface area contributed by atoms with Gasteiger partial charge in [-0.15, -0.1) is 0 Å². The van der Waals surface area contributed by atoms with Crippen LogP contribution in [0, 0.1) is 5.82 Å². The van der Waals surface area contributed by atoms with E-state index in [0.717, 1.165) is 5.01 Å². The average molecular weight is 435 g/mol. The third kappa shape index (κ3) is 5.47. The second-order valence-corrected chi connectivity index (χ2v) is 6.91. The van der Waals surface area contributed by atoms with E-state index in [1.807, 2.05) is 0 Å². The smallest absolute Gasteiger partial charge is 0.414 e. The molecule has 1 N–H and O–H groups in total. The number of rotatable bonds is 6. The van der Waals surface area contributed by atoms with Crippen molar-refractivity contribution in [1.29, 1.82) is 0 Å². The van der Waals surface area contributed by atoms with Crippen molar-refractivity contribution in [3.05, 3.63) is 24.0 Å². The van der Waals surface area contributed by atoms with Crippen LogP contribution in [0.4, 0.5) is 20.6 Å². The van der Waals surface area contributed by atoms with Gasteiger partial charge in [-0.25, -0.2) is 14.2 Å². The summed E-state index contributed by atoms with van der Waals surface area (Å²) in [6, 6.07) is 4.29. The number of halogens is 1. The first kappa shape index (κ1) is 22.0. The van der Waals surface area contributed by atoms with Crippen LogP contribution in [0.3, 0.4) is 0 Å². The molecular weight excluding hydrogens is 413 g/mol. The zero-order chi connectivity index (χ0) is 22.5. The van der Waals surface area contributed by atoms with Crippen LogP contribution in [0.5, 0.6) is 0 Å². The summed E-state index contributed by atoms with van der Waals surface area (Å²) in [5, 5.41) is 7.69. The number of carbonyl (C=O) groups excluding carboxylic acids is 4. The van der Waals surface area contributed by atoms with Gasteiger partial charge in [-0.1, -0.05) is 0 Å². The quantitative estimate of drug-likeness (QED) is 0.644. The SMILES string of the molecule is CC(=O)NCC1CN(c2ccc(N3C=NN(C(=O)COC(C)=O)CC3)c(F)c2)C(=O)O1. The van der Waals surface area contributed by atoms with Crippen LogP contribution < -0.4 is 15.1 Å². The van der Waals surface area contributed by atoms with E-state index in [4.69, 9.17) is 4.74 Å². The summed E-state index contributed by atoms with van der Waals surface area (Å²) in [4.78, 5) is 48.6. The second kappa shape index (κ2) is 9.41. The number of cyclic esters (lactones) is 1. The minimum atomic E-state index is -0.621. The highest BCUT2D eigenvalue weighted by Gasteiger charge is 2.33. The monoisotopic (exact) mass is 435 g/mol. The largest absolute Gasteiger partial charge is 0.456 e. The number of nitrogens with zero attached hydrogens (tertiary/aromatic N) is 4. The molecule has 0 saturated carbocycles. The van der Waals surface area contributed by atoms with Crippen molar-refractivity contribution in [2.45, 2.75) is 20.0 Å². The highest BCUT2D eigenvalue weighted by Crippen LogP contribution is 2.28. The first-order valence-corrected chi connectivity index (χ1v) is 9.51. The summed E-state index contributed by atoms with van der Waals surface area (Å²) in [7, 11) is 0. The van der Waals surface area contributed by atoms with Crippen LogP contribution in [0.2, 0.25) is 0 Å². The van der Waals surface area contributed by atoms with E-state index in [0.29, 0.717) is 5.69 Å². The van der Waals surface area contributed by atoms with Crippen molar-refractivity contribution in [2.75, 3.05) is 42.6 Å². The van der Waals surface area contributed by atoms with E-state index in [1.165, 1.54) is 42.1 Å². The van der Waals surface area contributed by atoms with Crippen LogP contribution in [-0.4, -0.2) is 74.1 Å². The fraction of sp³-hybridized carbons (Fsp3) is 0.421. The Balaban J connectivity index is 1.63. The summed E-state index contributed by atoms with van der Waals surface area (Å²) in [5.41, 5.74) is 0.547. The zero-order valence-electron chi connectivity index (χ0n) is 17.0. The van der Waals surface area contributed by atoms with Crippen LogP contribution in [-0.2, 0) is 23.9 Å². The summed E-state index contributed by atoms with van der Waals surface area (Å²) in [6.07, 6.45) is 0.161. The van der Waals surface area contributed by atoms with Crippen molar-refractivity contribution in [3.8, 4) is 0 Å². The van der Waals surface area contributed by atoms with E-state index < -0.39 is 36.5 Å². The number of hydrazone groups is 1. The molecule has 0 aliphatic carbocycles. The highest BCUT2D eigenvalue weighted by molar-refractivity contribution is 5.91. The van der Waals surface area contributed by atoms with Crippen LogP contribution in [0.15, 0.2) is 23.3 Å². The molecule has 1 unspecified atom stereocenters. The Morgan fingerprint density at radius 1 is 1.29 bits per heavy atom. The van der Waals surface area contributed by atoms with Gasteiger partial charge in [-0.3, -0.25) is 19.3 Å². The van der Waals surface area contributed by atoms with Crippen molar-refractivity contribution in [1.82, 2.24) is 10.3 Å². The first-order valence-electron chi connectivity index (χ1n) is 9.51. The Labute approximate surface area is 177 Å². The molecule has 1 aromatic rings. The highest BCUT2D eigenvalue weighted by atomic mass is 19.1.